The van der Waals surface area contributed by atoms with Gasteiger partial charge in [0.1, 0.15) is 0 Å². The molecule has 5 aromatic rings. The van der Waals surface area contributed by atoms with E-state index in [4.69, 9.17) is 5.10 Å². The Hall–Kier alpha value is -3.77. The van der Waals surface area contributed by atoms with Crippen LogP contribution in [0.25, 0.3) is 21.5 Å². The van der Waals surface area contributed by atoms with Crippen LogP contribution in [-0.4, -0.2) is 38.7 Å². The fourth-order valence-corrected chi connectivity index (χ4v) is 5.95. The zero-order chi connectivity index (χ0) is 24.3. The largest absolute Gasteiger partial charge is 0.337 e. The Bertz CT molecular complexity index is 1450. The van der Waals surface area contributed by atoms with Crippen LogP contribution in [-0.2, 0) is 13.0 Å². The average Bonchev–Trinajstić information content (AvgIpc) is 3.59. The van der Waals surface area contributed by atoms with Crippen LogP contribution in [0.2, 0.25) is 0 Å². The van der Waals surface area contributed by atoms with Crippen LogP contribution in [0, 0.1) is 5.92 Å². The van der Waals surface area contributed by atoms with E-state index in [1.54, 1.807) is 11.3 Å². The van der Waals surface area contributed by atoms with Gasteiger partial charge in [-0.25, -0.2) is 9.67 Å². The summed E-state index contributed by atoms with van der Waals surface area (Å²) in [5.74, 6) is 0.614. The van der Waals surface area contributed by atoms with Crippen molar-refractivity contribution in [3.05, 3.63) is 107 Å². The summed E-state index contributed by atoms with van der Waals surface area (Å²) in [5, 5.41) is 7.80. The lowest BCUT2D eigenvalue weighted by atomic mass is 9.90. The smallest absolute Gasteiger partial charge is 0.275 e. The molecule has 4 heterocycles. The van der Waals surface area contributed by atoms with Crippen molar-refractivity contribution in [3.8, 4) is 10.4 Å². The van der Waals surface area contributed by atoms with Crippen molar-refractivity contribution in [3.63, 3.8) is 0 Å². The summed E-state index contributed by atoms with van der Waals surface area (Å²) < 4.78 is 1.89. The SMILES string of the molecule is O=C(c1nn(Cc2ccccc2)c2nccc(-c3cccs3)c12)N1CCC(Cc2ccccc2)CC1. The number of pyridine rings is 1. The van der Waals surface area contributed by atoms with Crippen LogP contribution < -0.4 is 0 Å². The standard InChI is InChI=1S/C30H28N4OS/c35-30(33-17-14-23(15-18-33)20-22-8-3-1-4-9-22)28-27-25(26-12-7-19-36-26)13-16-31-29(27)34(32-28)21-24-10-5-2-6-11-24/h1-13,16,19,23H,14-15,17-18,20-21H2. The number of likely N-dealkylation sites (tertiary alicyclic amines) is 1. The van der Waals surface area contributed by atoms with Crippen LogP contribution in [0.3, 0.4) is 0 Å². The van der Waals surface area contributed by atoms with E-state index >= 15 is 0 Å². The molecule has 2 aromatic carbocycles. The van der Waals surface area contributed by atoms with E-state index in [0.29, 0.717) is 18.2 Å². The number of fused-ring (bicyclic) bond motifs is 1. The fraction of sp³-hybridized carbons (Fsp3) is 0.233. The van der Waals surface area contributed by atoms with E-state index in [1.165, 1.54) is 5.56 Å². The Morgan fingerprint density at radius 3 is 2.31 bits per heavy atom. The van der Waals surface area contributed by atoms with Gasteiger partial charge < -0.3 is 4.90 Å². The first-order valence-electron chi connectivity index (χ1n) is 12.5. The number of nitrogens with zero attached hydrogens (tertiary/aromatic N) is 4. The molecule has 0 radical (unpaired) electrons. The maximum Gasteiger partial charge on any atom is 0.275 e. The van der Waals surface area contributed by atoms with Gasteiger partial charge in [0.25, 0.3) is 5.91 Å². The maximum absolute atomic E-state index is 13.9. The molecule has 0 saturated carbocycles. The number of rotatable bonds is 6. The van der Waals surface area contributed by atoms with E-state index in [2.05, 4.69) is 58.9 Å². The zero-order valence-electron chi connectivity index (χ0n) is 20.1. The summed E-state index contributed by atoms with van der Waals surface area (Å²) in [6, 6.07) is 27.0. The molecular formula is C30H28N4OS. The van der Waals surface area contributed by atoms with Crippen molar-refractivity contribution in [2.45, 2.75) is 25.8 Å². The van der Waals surface area contributed by atoms with E-state index in [1.807, 2.05) is 46.1 Å². The van der Waals surface area contributed by atoms with Crippen molar-refractivity contribution >= 4 is 28.3 Å². The van der Waals surface area contributed by atoms with Gasteiger partial charge in [-0.3, -0.25) is 4.79 Å². The molecule has 1 fully saturated rings. The Morgan fingerprint density at radius 2 is 1.61 bits per heavy atom. The van der Waals surface area contributed by atoms with Gasteiger partial charge in [0.15, 0.2) is 11.3 Å². The molecule has 0 bridgehead atoms. The third-order valence-corrected chi connectivity index (χ3v) is 7.97. The predicted molar refractivity (Wildman–Crippen MR) is 145 cm³/mol. The van der Waals surface area contributed by atoms with Gasteiger partial charge in [-0.15, -0.1) is 11.3 Å². The minimum atomic E-state index is 0.00998. The van der Waals surface area contributed by atoms with Crippen molar-refractivity contribution in [2.75, 3.05) is 13.1 Å². The second kappa shape index (κ2) is 10.1. The third kappa shape index (κ3) is 4.56. The highest BCUT2D eigenvalue weighted by Crippen LogP contribution is 2.34. The molecule has 36 heavy (non-hydrogen) atoms. The van der Waals surface area contributed by atoms with Crippen LogP contribution in [0.1, 0.15) is 34.5 Å². The summed E-state index contributed by atoms with van der Waals surface area (Å²) in [6.07, 6.45) is 4.92. The van der Waals surface area contributed by atoms with Gasteiger partial charge in [-0.05, 0) is 53.8 Å². The number of hydrogen-bond donors (Lipinski definition) is 0. The number of thiophene rings is 1. The number of hydrogen-bond acceptors (Lipinski definition) is 4. The molecule has 0 aliphatic carbocycles. The molecule has 6 heteroatoms. The topological polar surface area (TPSA) is 51.0 Å². The monoisotopic (exact) mass is 492 g/mol. The molecule has 0 atom stereocenters. The quantitative estimate of drug-likeness (QED) is 0.279. The molecule has 1 amide bonds. The highest BCUT2D eigenvalue weighted by molar-refractivity contribution is 7.13. The molecule has 0 N–H and O–H groups in total. The molecule has 5 nitrogen and oxygen atoms in total. The van der Waals surface area contributed by atoms with Gasteiger partial charge in [-0.1, -0.05) is 66.7 Å². The first-order chi connectivity index (χ1) is 17.8. The van der Waals surface area contributed by atoms with Gasteiger partial charge in [0.2, 0.25) is 0 Å². The van der Waals surface area contributed by atoms with Crippen molar-refractivity contribution in [1.29, 1.82) is 0 Å². The number of carbonyl (C=O) groups excluding carboxylic acids is 1. The van der Waals surface area contributed by atoms with Crippen LogP contribution in [0.4, 0.5) is 0 Å². The fourth-order valence-electron chi connectivity index (χ4n) is 5.19. The first kappa shape index (κ1) is 22.7. The van der Waals surface area contributed by atoms with Crippen molar-refractivity contribution < 1.29 is 4.79 Å². The van der Waals surface area contributed by atoms with E-state index < -0.39 is 0 Å². The molecule has 1 aliphatic heterocycles. The van der Waals surface area contributed by atoms with Crippen molar-refractivity contribution in [1.82, 2.24) is 19.7 Å². The van der Waals surface area contributed by atoms with Crippen LogP contribution in [0.5, 0.6) is 0 Å². The molecule has 3 aromatic heterocycles. The van der Waals surface area contributed by atoms with Gasteiger partial charge in [0.05, 0.1) is 11.9 Å². The number of amides is 1. The normalized spacial score (nSPS) is 14.4. The van der Waals surface area contributed by atoms with Gasteiger partial charge >= 0.3 is 0 Å². The molecule has 1 saturated heterocycles. The maximum atomic E-state index is 13.9. The number of benzene rings is 2. The predicted octanol–water partition coefficient (Wildman–Crippen LogP) is 6.30. The van der Waals surface area contributed by atoms with Gasteiger partial charge in [0, 0.05) is 29.7 Å². The molecule has 0 unspecified atom stereocenters. The number of aromatic nitrogens is 3. The van der Waals surface area contributed by atoms with Crippen LogP contribution in [0.15, 0.2) is 90.4 Å². The highest BCUT2D eigenvalue weighted by Gasteiger charge is 2.29. The van der Waals surface area contributed by atoms with Crippen LogP contribution >= 0.6 is 11.3 Å². The summed E-state index contributed by atoms with van der Waals surface area (Å²) in [5.41, 5.74) is 4.80. The molecule has 1 aliphatic rings. The van der Waals surface area contributed by atoms with E-state index in [-0.39, 0.29) is 5.91 Å². The molecular weight excluding hydrogens is 464 g/mol. The van der Waals surface area contributed by atoms with Crippen molar-refractivity contribution in [2.24, 2.45) is 5.92 Å². The first-order valence-corrected chi connectivity index (χ1v) is 13.4. The Morgan fingerprint density at radius 1 is 0.889 bits per heavy atom. The summed E-state index contributed by atoms with van der Waals surface area (Å²) in [4.78, 5) is 21.7. The second-order valence-corrected chi connectivity index (χ2v) is 10.4. The number of carbonyl (C=O) groups is 1. The minimum absolute atomic E-state index is 0.00998. The number of piperidine rings is 1. The summed E-state index contributed by atoms with van der Waals surface area (Å²) in [6.45, 7) is 2.10. The lowest BCUT2D eigenvalue weighted by Crippen LogP contribution is -2.39. The highest BCUT2D eigenvalue weighted by atomic mass is 32.1. The molecule has 6 rings (SSSR count). The summed E-state index contributed by atoms with van der Waals surface area (Å²) >= 11 is 1.67. The minimum Gasteiger partial charge on any atom is -0.337 e. The second-order valence-electron chi connectivity index (χ2n) is 9.45. The average molecular weight is 493 g/mol. The van der Waals surface area contributed by atoms with E-state index in [0.717, 1.165) is 59.4 Å². The Kier molecular flexibility index (Phi) is 6.35. The van der Waals surface area contributed by atoms with E-state index in [9.17, 15) is 4.79 Å². The molecule has 180 valence electrons. The lowest BCUT2D eigenvalue weighted by Gasteiger charge is -2.31. The third-order valence-electron chi connectivity index (χ3n) is 7.07. The molecule has 0 spiro atoms. The lowest BCUT2D eigenvalue weighted by molar-refractivity contribution is 0.0685. The Labute approximate surface area is 215 Å². The summed E-state index contributed by atoms with van der Waals surface area (Å²) in [7, 11) is 0. The van der Waals surface area contributed by atoms with Gasteiger partial charge in [-0.2, -0.15) is 5.10 Å². The Balaban J connectivity index is 1.31. The zero-order valence-corrected chi connectivity index (χ0v) is 20.9.